The number of nitrogens with two attached hydrogens (primary N) is 2. The number of amides is 2. The molecule has 41 heavy (non-hydrogen) atoms. The van der Waals surface area contributed by atoms with Gasteiger partial charge in [0.15, 0.2) is 5.65 Å². The number of nitrogens with zero attached hydrogens (tertiary/aromatic N) is 5. The van der Waals surface area contributed by atoms with E-state index < -0.39 is 17.5 Å². The van der Waals surface area contributed by atoms with Crippen molar-refractivity contribution < 1.29 is 23.1 Å². The lowest BCUT2D eigenvalue weighted by Gasteiger charge is -2.33. The summed E-state index contributed by atoms with van der Waals surface area (Å²) >= 11 is 0. The van der Waals surface area contributed by atoms with Crippen LogP contribution >= 0.6 is 0 Å². The molecule has 2 aliphatic rings. The van der Waals surface area contributed by atoms with Crippen LogP contribution in [0.15, 0.2) is 60.4 Å². The normalized spacial score (nSPS) is 17.6. The highest BCUT2D eigenvalue weighted by Gasteiger charge is 2.32. The number of fused-ring (bicyclic) bond motifs is 1. The fourth-order valence-corrected chi connectivity index (χ4v) is 5.12. The first-order chi connectivity index (χ1) is 19.8. The molecular weight excluding hydrogens is 532 g/mol. The van der Waals surface area contributed by atoms with Crippen molar-refractivity contribution >= 4 is 28.7 Å². The molecule has 2 amide bonds. The quantitative estimate of drug-likeness (QED) is 0.197. The largest absolute Gasteiger partial charge is 0.457 e. The van der Waals surface area contributed by atoms with Crippen molar-refractivity contribution in [3.8, 4) is 22.8 Å². The zero-order valence-corrected chi connectivity index (χ0v) is 22.0. The van der Waals surface area contributed by atoms with Crippen molar-refractivity contribution in [1.82, 2.24) is 24.6 Å². The van der Waals surface area contributed by atoms with Crippen LogP contribution < -0.4 is 16.2 Å². The summed E-state index contributed by atoms with van der Waals surface area (Å²) in [5.41, 5.74) is 13.6. The molecule has 2 aromatic carbocycles. The average Bonchev–Trinajstić information content (AvgIpc) is 3.69. The highest BCUT2D eigenvalue weighted by molar-refractivity contribution is 6.17. The average molecular weight is 560 g/mol. The first-order valence-corrected chi connectivity index (χ1v) is 13.3. The first-order valence-electron chi connectivity index (χ1n) is 13.3. The number of halogens is 2. The van der Waals surface area contributed by atoms with E-state index in [1.807, 2.05) is 0 Å². The van der Waals surface area contributed by atoms with E-state index in [4.69, 9.17) is 21.3 Å². The molecule has 1 aliphatic heterocycles. The number of ether oxygens (including phenoxy) is 1. The molecule has 4 N–H and O–H groups in total. The number of carbonyl (C=O) groups excluding carboxylic acids is 2. The van der Waals surface area contributed by atoms with Gasteiger partial charge in [-0.1, -0.05) is 6.08 Å². The van der Waals surface area contributed by atoms with Gasteiger partial charge in [0.1, 0.15) is 46.5 Å². The number of likely N-dealkylation sites (tertiary alicyclic amines) is 1. The lowest BCUT2D eigenvalue weighted by atomic mass is 10.0. The van der Waals surface area contributed by atoms with Crippen molar-refractivity contribution in [1.29, 1.82) is 0 Å². The van der Waals surface area contributed by atoms with Gasteiger partial charge < -0.3 is 21.1 Å². The van der Waals surface area contributed by atoms with Crippen LogP contribution in [0.3, 0.4) is 0 Å². The van der Waals surface area contributed by atoms with E-state index in [0.29, 0.717) is 47.6 Å². The van der Waals surface area contributed by atoms with E-state index in [1.165, 1.54) is 6.33 Å². The number of hydrogen-bond acceptors (Lipinski definition) is 7. The van der Waals surface area contributed by atoms with Crippen LogP contribution in [0.2, 0.25) is 0 Å². The van der Waals surface area contributed by atoms with E-state index in [2.05, 4.69) is 9.97 Å². The Morgan fingerprint density at radius 1 is 1.00 bits per heavy atom. The van der Waals surface area contributed by atoms with Gasteiger partial charge in [-0.25, -0.2) is 23.4 Å². The Morgan fingerprint density at radius 3 is 2.41 bits per heavy atom. The Kier molecular flexibility index (Phi) is 6.82. The SMILES string of the molecule is NC(=O)C(=CC1CC1)C(=O)N1CCC[C@H](n2nc(-c3ccc(Oc4cc(F)cc(F)c4)cc3)c3c(N)ncnc32)C1. The van der Waals surface area contributed by atoms with Crippen LogP contribution in [0.1, 0.15) is 31.7 Å². The molecule has 0 unspecified atom stereocenters. The van der Waals surface area contributed by atoms with Crippen LogP contribution in [0.25, 0.3) is 22.3 Å². The second-order valence-electron chi connectivity index (χ2n) is 10.3. The Balaban J connectivity index is 1.29. The van der Waals surface area contributed by atoms with E-state index in [0.717, 1.165) is 37.5 Å². The molecule has 0 bridgehead atoms. The summed E-state index contributed by atoms with van der Waals surface area (Å²) in [5, 5.41) is 5.42. The fourth-order valence-electron chi connectivity index (χ4n) is 5.12. The standard InChI is InChI=1S/C29H27F2N7O3/c30-18-11-19(31)13-22(12-18)41-21-7-5-17(6-8-21)25-24-26(32)34-15-35-28(24)38(36-25)20-2-1-9-37(14-20)29(40)23(27(33)39)10-16-3-4-16/h5-8,10-13,15-16,20H,1-4,9,14H2,(H2,33,39)(H2,32,34,35)/t20-/m0/s1. The molecule has 2 fully saturated rings. The van der Waals surface area contributed by atoms with Gasteiger partial charge in [-0.05, 0) is 55.9 Å². The third-order valence-corrected chi connectivity index (χ3v) is 7.27. The molecule has 0 radical (unpaired) electrons. The minimum atomic E-state index is -0.739. The lowest BCUT2D eigenvalue weighted by molar-refractivity contribution is -0.131. The second kappa shape index (κ2) is 10.6. The lowest BCUT2D eigenvalue weighted by Crippen LogP contribution is -2.43. The number of hydrogen-bond donors (Lipinski definition) is 2. The predicted molar refractivity (Wildman–Crippen MR) is 146 cm³/mol. The topological polar surface area (TPSA) is 142 Å². The second-order valence-corrected chi connectivity index (χ2v) is 10.3. The number of anilines is 1. The molecular formula is C29H27F2N7O3. The van der Waals surface area contributed by atoms with Crippen LogP contribution in [-0.2, 0) is 9.59 Å². The minimum Gasteiger partial charge on any atom is -0.457 e. The van der Waals surface area contributed by atoms with Crippen molar-refractivity contribution in [2.75, 3.05) is 18.8 Å². The maximum atomic E-state index is 13.6. The zero-order valence-electron chi connectivity index (χ0n) is 22.0. The summed E-state index contributed by atoms with van der Waals surface area (Å²) in [4.78, 5) is 35.6. The molecule has 2 aromatic heterocycles. The van der Waals surface area contributed by atoms with E-state index in [9.17, 15) is 18.4 Å². The van der Waals surface area contributed by atoms with Crippen molar-refractivity contribution in [2.24, 2.45) is 11.7 Å². The number of allylic oxidation sites excluding steroid dienone is 1. The van der Waals surface area contributed by atoms with Gasteiger partial charge in [-0.2, -0.15) is 5.10 Å². The fraction of sp³-hybridized carbons (Fsp3) is 0.276. The van der Waals surface area contributed by atoms with Gasteiger partial charge in [0.25, 0.3) is 11.8 Å². The molecule has 12 heteroatoms. The van der Waals surface area contributed by atoms with Crippen molar-refractivity contribution in [3.63, 3.8) is 0 Å². The van der Waals surface area contributed by atoms with E-state index >= 15 is 0 Å². The maximum Gasteiger partial charge on any atom is 0.259 e. The summed E-state index contributed by atoms with van der Waals surface area (Å²) in [6, 6.07) is 9.55. The molecule has 1 aliphatic carbocycles. The Bertz CT molecular complexity index is 1660. The minimum absolute atomic E-state index is 0.0329. The molecule has 10 nitrogen and oxygen atoms in total. The summed E-state index contributed by atoms with van der Waals surface area (Å²) in [6.07, 6.45) is 6.40. The monoisotopic (exact) mass is 559 g/mol. The van der Waals surface area contributed by atoms with Gasteiger partial charge in [-0.15, -0.1) is 0 Å². The first kappa shape index (κ1) is 26.4. The van der Waals surface area contributed by atoms with Crippen LogP contribution in [0.4, 0.5) is 14.6 Å². The Labute approximate surface area is 233 Å². The van der Waals surface area contributed by atoms with Crippen molar-refractivity contribution in [2.45, 2.75) is 31.7 Å². The zero-order chi connectivity index (χ0) is 28.7. The number of carbonyl (C=O) groups is 2. The van der Waals surface area contributed by atoms with Gasteiger partial charge in [-0.3, -0.25) is 9.59 Å². The molecule has 0 spiro atoms. The predicted octanol–water partition coefficient (Wildman–Crippen LogP) is 4.13. The molecule has 1 atom stereocenters. The molecule has 1 saturated heterocycles. The highest BCUT2D eigenvalue weighted by Crippen LogP contribution is 2.36. The number of nitrogen functional groups attached to an aromatic ring is 1. The summed E-state index contributed by atoms with van der Waals surface area (Å²) < 4.78 is 34.5. The molecule has 6 rings (SSSR count). The van der Waals surface area contributed by atoms with Gasteiger partial charge in [0, 0.05) is 36.9 Å². The maximum absolute atomic E-state index is 13.6. The summed E-state index contributed by atoms with van der Waals surface area (Å²) in [7, 11) is 0. The number of rotatable bonds is 7. The van der Waals surface area contributed by atoms with Gasteiger partial charge in [0.05, 0.1) is 11.4 Å². The Hall–Kier alpha value is -4.87. The molecule has 210 valence electrons. The van der Waals surface area contributed by atoms with Gasteiger partial charge in [0.2, 0.25) is 0 Å². The third-order valence-electron chi connectivity index (χ3n) is 7.27. The van der Waals surface area contributed by atoms with Crippen molar-refractivity contribution in [3.05, 3.63) is 72.1 Å². The summed E-state index contributed by atoms with van der Waals surface area (Å²) in [5.74, 6) is -1.68. The third kappa shape index (κ3) is 5.45. The molecule has 4 aromatic rings. The molecule has 1 saturated carbocycles. The number of aromatic nitrogens is 4. The Morgan fingerprint density at radius 2 is 1.73 bits per heavy atom. The number of piperidine rings is 1. The number of benzene rings is 2. The van der Waals surface area contributed by atoms with E-state index in [1.54, 1.807) is 39.9 Å². The summed E-state index contributed by atoms with van der Waals surface area (Å²) in [6.45, 7) is 0.829. The van der Waals surface area contributed by atoms with Crippen LogP contribution in [-0.4, -0.2) is 49.6 Å². The van der Waals surface area contributed by atoms with E-state index in [-0.39, 0.29) is 35.0 Å². The number of primary amides is 1. The van der Waals surface area contributed by atoms with Crippen LogP contribution in [0, 0.1) is 17.6 Å². The molecule has 3 heterocycles. The van der Waals surface area contributed by atoms with Gasteiger partial charge >= 0.3 is 0 Å². The smallest absolute Gasteiger partial charge is 0.259 e. The van der Waals surface area contributed by atoms with Crippen LogP contribution in [0.5, 0.6) is 11.5 Å². The highest BCUT2D eigenvalue weighted by atomic mass is 19.1.